The minimum Gasteiger partial charge on any atom is -0.352 e. The highest BCUT2D eigenvalue weighted by molar-refractivity contribution is 5.79. The number of urea groups is 1. The van der Waals surface area contributed by atoms with Crippen LogP contribution in [0.4, 0.5) is 4.79 Å². The van der Waals surface area contributed by atoms with Gasteiger partial charge in [-0.1, -0.05) is 25.3 Å². The zero-order valence-corrected chi connectivity index (χ0v) is 16.0. The van der Waals surface area contributed by atoms with Crippen molar-refractivity contribution < 1.29 is 9.59 Å². The van der Waals surface area contributed by atoms with Gasteiger partial charge in [0, 0.05) is 30.7 Å². The first-order chi connectivity index (χ1) is 13.1. The van der Waals surface area contributed by atoms with Crippen molar-refractivity contribution in [1.29, 1.82) is 0 Å². The van der Waals surface area contributed by atoms with E-state index in [1.807, 2.05) is 23.1 Å². The van der Waals surface area contributed by atoms with Gasteiger partial charge in [-0.05, 0) is 50.2 Å². The maximum Gasteiger partial charge on any atom is 0.318 e. The van der Waals surface area contributed by atoms with Crippen LogP contribution in [0.1, 0.15) is 63.5 Å². The third-order valence-electron chi connectivity index (χ3n) is 6.42. The molecular weight excluding hydrogens is 340 g/mol. The first-order valence-electron chi connectivity index (χ1n) is 10.4. The summed E-state index contributed by atoms with van der Waals surface area (Å²) in [5.41, 5.74) is 0.887. The predicted octanol–water partition coefficient (Wildman–Crippen LogP) is 2.98. The number of pyridine rings is 1. The van der Waals surface area contributed by atoms with Gasteiger partial charge in [0.05, 0.1) is 12.2 Å². The molecule has 0 spiro atoms. The summed E-state index contributed by atoms with van der Waals surface area (Å²) in [4.78, 5) is 31.0. The summed E-state index contributed by atoms with van der Waals surface area (Å²) in [7, 11) is 0. The molecule has 0 aromatic carbocycles. The molecule has 3 aliphatic rings. The molecule has 146 valence electrons. The Morgan fingerprint density at radius 2 is 2.04 bits per heavy atom. The SMILES string of the molecule is O=C1CC[C@@H](CN(Cc2ccccn2)C(=O)NC2(C3CCCCC3)CC2)N1. The molecule has 3 fully saturated rings. The lowest BCUT2D eigenvalue weighted by Crippen LogP contribution is -2.52. The van der Waals surface area contributed by atoms with Crippen LogP contribution in [0.3, 0.4) is 0 Å². The molecule has 1 saturated heterocycles. The van der Waals surface area contributed by atoms with Gasteiger partial charge in [0.2, 0.25) is 5.91 Å². The molecule has 4 rings (SSSR count). The normalized spacial score (nSPS) is 24.3. The number of aromatic nitrogens is 1. The molecule has 0 unspecified atom stereocenters. The van der Waals surface area contributed by atoms with Crippen molar-refractivity contribution in [3.8, 4) is 0 Å². The molecule has 0 bridgehead atoms. The van der Waals surface area contributed by atoms with Crippen LogP contribution in [0, 0.1) is 5.92 Å². The van der Waals surface area contributed by atoms with E-state index in [2.05, 4.69) is 15.6 Å². The molecule has 1 atom stereocenters. The Morgan fingerprint density at radius 3 is 2.67 bits per heavy atom. The lowest BCUT2D eigenvalue weighted by molar-refractivity contribution is -0.119. The number of amides is 3. The maximum atomic E-state index is 13.2. The van der Waals surface area contributed by atoms with Crippen molar-refractivity contribution in [1.82, 2.24) is 20.5 Å². The fraction of sp³-hybridized carbons (Fsp3) is 0.667. The average Bonchev–Trinajstić information content (AvgIpc) is 3.36. The summed E-state index contributed by atoms with van der Waals surface area (Å²) in [6.07, 6.45) is 11.7. The van der Waals surface area contributed by atoms with Crippen LogP contribution in [-0.2, 0) is 11.3 Å². The van der Waals surface area contributed by atoms with E-state index < -0.39 is 0 Å². The third-order valence-corrected chi connectivity index (χ3v) is 6.42. The number of rotatable bonds is 6. The smallest absolute Gasteiger partial charge is 0.318 e. The van der Waals surface area contributed by atoms with E-state index in [0.717, 1.165) is 25.0 Å². The van der Waals surface area contributed by atoms with Crippen LogP contribution in [0.25, 0.3) is 0 Å². The highest BCUT2D eigenvalue weighted by Gasteiger charge is 2.50. The minimum absolute atomic E-state index is 0.00937. The van der Waals surface area contributed by atoms with Crippen LogP contribution < -0.4 is 10.6 Å². The molecule has 1 aromatic heterocycles. The molecule has 6 heteroatoms. The first kappa shape index (κ1) is 18.3. The summed E-state index contributed by atoms with van der Waals surface area (Å²) < 4.78 is 0. The standard InChI is InChI=1S/C21H30N4O2/c26-19-10-9-18(23-19)15-25(14-17-8-4-5-13-22-17)20(27)24-21(11-12-21)16-6-2-1-3-7-16/h4-5,8,13,16,18H,1-3,6-7,9-12,14-15H2,(H,23,26)(H,24,27)/t18-/m0/s1. The molecule has 6 nitrogen and oxygen atoms in total. The molecular formula is C21H30N4O2. The number of carbonyl (C=O) groups excluding carboxylic acids is 2. The Morgan fingerprint density at radius 1 is 1.22 bits per heavy atom. The minimum atomic E-state index is -0.00937. The summed E-state index contributed by atoms with van der Waals surface area (Å²) >= 11 is 0. The van der Waals surface area contributed by atoms with E-state index in [4.69, 9.17) is 0 Å². The summed E-state index contributed by atoms with van der Waals surface area (Å²) in [5.74, 6) is 0.706. The van der Waals surface area contributed by atoms with Crippen molar-refractivity contribution in [2.45, 2.75) is 75.9 Å². The number of carbonyl (C=O) groups is 2. The lowest BCUT2D eigenvalue weighted by atomic mass is 9.82. The average molecular weight is 370 g/mol. The molecule has 2 saturated carbocycles. The van der Waals surface area contributed by atoms with Gasteiger partial charge >= 0.3 is 6.03 Å². The van der Waals surface area contributed by atoms with Gasteiger partial charge in [-0.2, -0.15) is 0 Å². The van der Waals surface area contributed by atoms with Gasteiger partial charge in [-0.15, -0.1) is 0 Å². The van der Waals surface area contributed by atoms with Gasteiger partial charge < -0.3 is 15.5 Å². The van der Waals surface area contributed by atoms with Gasteiger partial charge in [0.1, 0.15) is 0 Å². The number of hydrogen-bond donors (Lipinski definition) is 2. The molecule has 0 radical (unpaired) electrons. The monoisotopic (exact) mass is 370 g/mol. The zero-order chi connectivity index (χ0) is 18.7. The Bertz CT molecular complexity index is 668. The van der Waals surface area contributed by atoms with E-state index in [1.54, 1.807) is 6.20 Å². The van der Waals surface area contributed by atoms with Gasteiger partial charge in [-0.25, -0.2) is 4.79 Å². The van der Waals surface area contributed by atoms with Gasteiger partial charge in [0.15, 0.2) is 0 Å². The van der Waals surface area contributed by atoms with Crippen molar-refractivity contribution >= 4 is 11.9 Å². The van der Waals surface area contributed by atoms with E-state index in [-0.39, 0.29) is 23.5 Å². The summed E-state index contributed by atoms with van der Waals surface area (Å²) in [6.45, 7) is 1.01. The fourth-order valence-electron chi connectivity index (χ4n) is 4.70. The van der Waals surface area contributed by atoms with Crippen LogP contribution in [0.15, 0.2) is 24.4 Å². The Balaban J connectivity index is 1.43. The highest BCUT2D eigenvalue weighted by atomic mass is 16.2. The number of hydrogen-bond acceptors (Lipinski definition) is 3. The maximum absolute atomic E-state index is 13.2. The molecule has 2 N–H and O–H groups in total. The second-order valence-electron chi connectivity index (χ2n) is 8.43. The van der Waals surface area contributed by atoms with Gasteiger partial charge in [-0.3, -0.25) is 9.78 Å². The Kier molecular flexibility index (Phi) is 5.32. The van der Waals surface area contributed by atoms with Crippen molar-refractivity contribution in [3.63, 3.8) is 0 Å². The Labute approximate surface area is 161 Å². The van der Waals surface area contributed by atoms with Crippen molar-refractivity contribution in [3.05, 3.63) is 30.1 Å². The van der Waals surface area contributed by atoms with Gasteiger partial charge in [0.25, 0.3) is 0 Å². The fourth-order valence-corrected chi connectivity index (χ4v) is 4.70. The molecule has 1 aromatic rings. The molecule has 2 heterocycles. The second kappa shape index (κ2) is 7.87. The highest BCUT2D eigenvalue weighted by Crippen LogP contribution is 2.48. The van der Waals surface area contributed by atoms with E-state index in [9.17, 15) is 9.59 Å². The Hall–Kier alpha value is -2.11. The first-order valence-corrected chi connectivity index (χ1v) is 10.4. The second-order valence-corrected chi connectivity index (χ2v) is 8.43. The largest absolute Gasteiger partial charge is 0.352 e. The van der Waals surface area contributed by atoms with E-state index in [0.29, 0.717) is 25.4 Å². The lowest BCUT2D eigenvalue weighted by Gasteiger charge is -2.34. The third kappa shape index (κ3) is 4.42. The predicted molar refractivity (Wildman–Crippen MR) is 103 cm³/mol. The zero-order valence-electron chi connectivity index (χ0n) is 16.0. The van der Waals surface area contributed by atoms with Crippen molar-refractivity contribution in [2.75, 3.05) is 6.54 Å². The number of nitrogens with zero attached hydrogens (tertiary/aromatic N) is 2. The van der Waals surface area contributed by atoms with E-state index in [1.165, 1.54) is 32.1 Å². The van der Waals surface area contributed by atoms with Crippen LogP contribution in [0.5, 0.6) is 0 Å². The quantitative estimate of drug-likeness (QED) is 0.808. The van der Waals surface area contributed by atoms with Crippen LogP contribution in [0.2, 0.25) is 0 Å². The topological polar surface area (TPSA) is 74.3 Å². The van der Waals surface area contributed by atoms with Crippen molar-refractivity contribution in [2.24, 2.45) is 5.92 Å². The molecule has 2 aliphatic carbocycles. The van der Waals surface area contributed by atoms with Crippen LogP contribution in [-0.4, -0.2) is 39.9 Å². The molecule has 27 heavy (non-hydrogen) atoms. The van der Waals surface area contributed by atoms with Crippen LogP contribution >= 0.6 is 0 Å². The molecule has 1 aliphatic heterocycles. The number of nitrogens with one attached hydrogen (secondary N) is 2. The molecule has 3 amide bonds. The van der Waals surface area contributed by atoms with E-state index >= 15 is 0 Å². The summed E-state index contributed by atoms with van der Waals surface area (Å²) in [6, 6.07) is 5.80. The summed E-state index contributed by atoms with van der Waals surface area (Å²) in [5, 5.41) is 6.37.